The van der Waals surface area contributed by atoms with Crippen LogP contribution in [0.1, 0.15) is 43.3 Å². The first-order valence-corrected chi connectivity index (χ1v) is 6.85. The molecule has 0 aliphatic carbocycles. The largest absolute Gasteiger partial charge is 0.378 e. The number of hydrogen-bond acceptors (Lipinski definition) is 4. The number of thiazole rings is 1. The van der Waals surface area contributed by atoms with Gasteiger partial charge in [-0.25, -0.2) is 4.98 Å². The van der Waals surface area contributed by atoms with Crippen LogP contribution >= 0.6 is 11.3 Å². The molecule has 0 spiro atoms. The van der Waals surface area contributed by atoms with E-state index in [0.29, 0.717) is 6.10 Å². The smallest absolute Gasteiger partial charge is 0.113 e. The standard InChI is InChI=1S/C12H20N2OS/c1-3-4-10-7-12(13,5-6-15-10)11-14-9(2)8-16-11/h8,10H,3-7,13H2,1-2H3. The summed E-state index contributed by atoms with van der Waals surface area (Å²) >= 11 is 1.68. The number of aromatic nitrogens is 1. The maximum Gasteiger partial charge on any atom is 0.113 e. The fourth-order valence-electron chi connectivity index (χ4n) is 2.26. The van der Waals surface area contributed by atoms with Crippen LogP contribution in [0.25, 0.3) is 0 Å². The summed E-state index contributed by atoms with van der Waals surface area (Å²) in [4.78, 5) is 4.54. The van der Waals surface area contributed by atoms with Gasteiger partial charge >= 0.3 is 0 Å². The molecule has 3 nitrogen and oxygen atoms in total. The molecule has 2 unspecified atom stereocenters. The molecule has 0 aromatic carbocycles. The molecule has 16 heavy (non-hydrogen) atoms. The number of aryl methyl sites for hydroxylation is 1. The molecule has 1 saturated heterocycles. The Labute approximate surface area is 101 Å². The van der Waals surface area contributed by atoms with Gasteiger partial charge in [0.25, 0.3) is 0 Å². The first kappa shape index (κ1) is 12.0. The molecule has 2 rings (SSSR count). The van der Waals surface area contributed by atoms with Crippen LogP contribution < -0.4 is 5.73 Å². The second-order valence-corrected chi connectivity index (χ2v) is 5.54. The number of hydrogen-bond donors (Lipinski definition) is 1. The van der Waals surface area contributed by atoms with Crippen molar-refractivity contribution in [2.24, 2.45) is 5.73 Å². The predicted molar refractivity (Wildman–Crippen MR) is 66.6 cm³/mol. The van der Waals surface area contributed by atoms with Crippen molar-refractivity contribution in [2.75, 3.05) is 6.61 Å². The maximum absolute atomic E-state index is 6.48. The lowest BCUT2D eigenvalue weighted by Gasteiger charge is -2.36. The van der Waals surface area contributed by atoms with Crippen molar-refractivity contribution in [1.82, 2.24) is 4.98 Å². The Morgan fingerprint density at radius 2 is 2.50 bits per heavy atom. The van der Waals surface area contributed by atoms with E-state index in [-0.39, 0.29) is 5.54 Å². The van der Waals surface area contributed by atoms with Crippen molar-refractivity contribution in [3.05, 3.63) is 16.1 Å². The zero-order valence-electron chi connectivity index (χ0n) is 10.0. The van der Waals surface area contributed by atoms with Gasteiger partial charge in [-0.3, -0.25) is 0 Å². The van der Waals surface area contributed by atoms with E-state index >= 15 is 0 Å². The molecule has 0 saturated carbocycles. The summed E-state index contributed by atoms with van der Waals surface area (Å²) in [6, 6.07) is 0. The highest BCUT2D eigenvalue weighted by Gasteiger charge is 2.36. The highest BCUT2D eigenvalue weighted by molar-refractivity contribution is 7.09. The fourth-order valence-corrected chi connectivity index (χ4v) is 3.21. The zero-order valence-corrected chi connectivity index (χ0v) is 10.8. The monoisotopic (exact) mass is 240 g/mol. The minimum Gasteiger partial charge on any atom is -0.378 e. The highest BCUT2D eigenvalue weighted by Crippen LogP contribution is 2.35. The summed E-state index contributed by atoms with van der Waals surface area (Å²) in [5.41, 5.74) is 7.30. The molecule has 0 bridgehead atoms. The molecule has 0 radical (unpaired) electrons. The molecule has 2 N–H and O–H groups in total. The normalized spacial score (nSPS) is 30.6. The zero-order chi connectivity index (χ0) is 11.6. The number of nitrogens with zero attached hydrogens (tertiary/aromatic N) is 1. The second-order valence-electron chi connectivity index (χ2n) is 4.69. The highest BCUT2D eigenvalue weighted by atomic mass is 32.1. The molecular formula is C12H20N2OS. The van der Waals surface area contributed by atoms with E-state index in [1.165, 1.54) is 0 Å². The lowest BCUT2D eigenvalue weighted by atomic mass is 9.87. The number of rotatable bonds is 3. The Morgan fingerprint density at radius 3 is 3.12 bits per heavy atom. The van der Waals surface area contributed by atoms with Gasteiger partial charge in [0.05, 0.1) is 11.6 Å². The third kappa shape index (κ3) is 2.44. The van der Waals surface area contributed by atoms with Crippen LogP contribution in [0.15, 0.2) is 5.38 Å². The van der Waals surface area contributed by atoms with Gasteiger partial charge in [-0.2, -0.15) is 0 Å². The molecule has 1 aliphatic heterocycles. The Bertz CT molecular complexity index is 351. The summed E-state index contributed by atoms with van der Waals surface area (Å²) in [5, 5.41) is 3.16. The van der Waals surface area contributed by atoms with Crippen molar-refractivity contribution in [3.8, 4) is 0 Å². The lowest BCUT2D eigenvalue weighted by molar-refractivity contribution is -0.0242. The van der Waals surface area contributed by atoms with Crippen LogP contribution in [-0.4, -0.2) is 17.7 Å². The molecule has 1 aromatic heterocycles. The van der Waals surface area contributed by atoms with Gasteiger partial charge in [0, 0.05) is 17.7 Å². The predicted octanol–water partition coefficient (Wildman–Crippen LogP) is 2.58. The van der Waals surface area contributed by atoms with Crippen LogP contribution in [0, 0.1) is 6.92 Å². The molecule has 2 atom stereocenters. The lowest BCUT2D eigenvalue weighted by Crippen LogP contribution is -2.45. The van der Waals surface area contributed by atoms with Crippen LogP contribution in [0.5, 0.6) is 0 Å². The van der Waals surface area contributed by atoms with Crippen LogP contribution in [0.4, 0.5) is 0 Å². The molecule has 4 heteroatoms. The molecule has 0 amide bonds. The van der Waals surface area contributed by atoms with Crippen LogP contribution in [0.3, 0.4) is 0 Å². The van der Waals surface area contributed by atoms with E-state index in [2.05, 4.69) is 17.3 Å². The number of nitrogens with two attached hydrogens (primary N) is 1. The van der Waals surface area contributed by atoms with E-state index in [9.17, 15) is 0 Å². The van der Waals surface area contributed by atoms with Gasteiger partial charge in [-0.1, -0.05) is 13.3 Å². The molecule has 1 aromatic rings. The van der Waals surface area contributed by atoms with Gasteiger partial charge in [0.15, 0.2) is 0 Å². The maximum atomic E-state index is 6.48. The molecule has 2 heterocycles. The van der Waals surface area contributed by atoms with Gasteiger partial charge in [-0.15, -0.1) is 11.3 Å². The van der Waals surface area contributed by atoms with E-state index < -0.39 is 0 Å². The first-order chi connectivity index (χ1) is 7.64. The van der Waals surface area contributed by atoms with Gasteiger partial charge in [0.2, 0.25) is 0 Å². The summed E-state index contributed by atoms with van der Waals surface area (Å²) in [5.74, 6) is 0. The van der Waals surface area contributed by atoms with E-state index in [4.69, 9.17) is 10.5 Å². The number of ether oxygens (including phenoxy) is 1. The summed E-state index contributed by atoms with van der Waals surface area (Å²) in [6.07, 6.45) is 4.36. The van der Waals surface area contributed by atoms with Crippen molar-refractivity contribution in [1.29, 1.82) is 0 Å². The quantitative estimate of drug-likeness (QED) is 0.883. The average molecular weight is 240 g/mol. The van der Waals surface area contributed by atoms with Crippen molar-refractivity contribution in [2.45, 2.75) is 51.2 Å². The van der Waals surface area contributed by atoms with Crippen LogP contribution in [0.2, 0.25) is 0 Å². The van der Waals surface area contributed by atoms with Gasteiger partial charge < -0.3 is 10.5 Å². The Morgan fingerprint density at radius 1 is 1.69 bits per heavy atom. The van der Waals surface area contributed by atoms with E-state index in [1.807, 2.05) is 6.92 Å². The van der Waals surface area contributed by atoms with E-state index in [1.54, 1.807) is 11.3 Å². The Hall–Kier alpha value is -0.450. The third-order valence-electron chi connectivity index (χ3n) is 3.15. The van der Waals surface area contributed by atoms with Gasteiger partial charge in [-0.05, 0) is 26.2 Å². The SMILES string of the molecule is CCCC1CC(N)(c2nc(C)cs2)CCO1. The third-order valence-corrected chi connectivity index (χ3v) is 4.33. The van der Waals surface area contributed by atoms with Crippen molar-refractivity contribution >= 4 is 11.3 Å². The Kier molecular flexibility index (Phi) is 3.62. The summed E-state index contributed by atoms with van der Waals surface area (Å²) in [7, 11) is 0. The molecule has 90 valence electrons. The minimum absolute atomic E-state index is 0.253. The van der Waals surface area contributed by atoms with E-state index in [0.717, 1.165) is 43.0 Å². The van der Waals surface area contributed by atoms with Crippen LogP contribution in [-0.2, 0) is 10.3 Å². The minimum atomic E-state index is -0.253. The fraction of sp³-hybridized carbons (Fsp3) is 0.750. The molecule has 1 fully saturated rings. The summed E-state index contributed by atoms with van der Waals surface area (Å²) in [6.45, 7) is 4.97. The van der Waals surface area contributed by atoms with Gasteiger partial charge in [0.1, 0.15) is 5.01 Å². The Balaban J connectivity index is 2.11. The molecular weight excluding hydrogens is 220 g/mol. The molecule has 1 aliphatic rings. The topological polar surface area (TPSA) is 48.1 Å². The second kappa shape index (κ2) is 4.82. The van der Waals surface area contributed by atoms with Crippen molar-refractivity contribution < 1.29 is 4.74 Å². The average Bonchev–Trinajstić information content (AvgIpc) is 2.66. The first-order valence-electron chi connectivity index (χ1n) is 5.97. The summed E-state index contributed by atoms with van der Waals surface area (Å²) < 4.78 is 5.74. The van der Waals surface area contributed by atoms with Crippen molar-refractivity contribution in [3.63, 3.8) is 0 Å².